The fourth-order valence-electron chi connectivity index (χ4n) is 1.90. The van der Waals surface area contributed by atoms with E-state index in [1.165, 1.54) is 6.07 Å². The zero-order valence-corrected chi connectivity index (χ0v) is 8.72. The first-order valence-electron chi connectivity index (χ1n) is 5.31. The highest BCUT2D eigenvalue weighted by Crippen LogP contribution is 2.28. The molecule has 1 aliphatic rings. The summed E-state index contributed by atoms with van der Waals surface area (Å²) in [6.07, 6.45) is -0.479. The first-order chi connectivity index (χ1) is 7.55. The maximum atomic E-state index is 12.3. The Labute approximate surface area is 91.9 Å². The van der Waals surface area contributed by atoms with Crippen molar-refractivity contribution < 1.29 is 13.2 Å². The number of halogens is 3. The van der Waals surface area contributed by atoms with Crippen LogP contribution in [0.3, 0.4) is 0 Å². The van der Waals surface area contributed by atoms with Crippen molar-refractivity contribution in [1.29, 1.82) is 0 Å². The van der Waals surface area contributed by atoms with E-state index in [-0.39, 0.29) is 0 Å². The molecule has 0 spiro atoms. The molecule has 1 N–H and O–H groups in total. The molecule has 88 valence electrons. The Hall–Kier alpha value is -1.10. The number of pyridine rings is 1. The van der Waals surface area contributed by atoms with Gasteiger partial charge in [-0.3, -0.25) is 4.98 Å². The summed E-state index contributed by atoms with van der Waals surface area (Å²) in [7, 11) is 0. The molecular formula is C11H13F3N2. The summed E-state index contributed by atoms with van der Waals surface area (Å²) in [4.78, 5) is 3.85. The average Bonchev–Trinajstić information content (AvgIpc) is 2.70. The van der Waals surface area contributed by atoms with Crippen molar-refractivity contribution in [1.82, 2.24) is 10.3 Å². The number of nitrogens with one attached hydrogen (secondary N) is 1. The Morgan fingerprint density at radius 1 is 1.38 bits per heavy atom. The van der Waals surface area contributed by atoms with Crippen molar-refractivity contribution in [3.05, 3.63) is 29.6 Å². The molecule has 1 unspecified atom stereocenters. The minimum absolute atomic E-state index is 0.365. The second-order valence-corrected chi connectivity index (χ2v) is 4.03. The molecule has 2 nitrogen and oxygen atoms in total. The monoisotopic (exact) mass is 230 g/mol. The lowest BCUT2D eigenvalue weighted by Gasteiger charge is -2.10. The second-order valence-electron chi connectivity index (χ2n) is 4.03. The maximum Gasteiger partial charge on any atom is 0.417 e. The lowest BCUT2D eigenvalue weighted by atomic mass is 10.1. The van der Waals surface area contributed by atoms with Gasteiger partial charge in [0, 0.05) is 24.4 Å². The predicted molar refractivity (Wildman–Crippen MR) is 54.0 cm³/mol. The van der Waals surface area contributed by atoms with Crippen LogP contribution >= 0.6 is 0 Å². The summed E-state index contributed by atoms with van der Waals surface area (Å²) in [6, 6.07) is 2.92. The number of aromatic nitrogens is 1. The molecule has 1 saturated heterocycles. The highest BCUT2D eigenvalue weighted by molar-refractivity contribution is 5.17. The highest BCUT2D eigenvalue weighted by Gasteiger charge is 2.30. The van der Waals surface area contributed by atoms with Crippen molar-refractivity contribution in [3.63, 3.8) is 0 Å². The Morgan fingerprint density at radius 2 is 2.19 bits per heavy atom. The molecule has 0 aromatic carbocycles. The molecule has 1 aromatic heterocycles. The third kappa shape index (κ3) is 2.72. The van der Waals surface area contributed by atoms with E-state index >= 15 is 0 Å². The lowest BCUT2D eigenvalue weighted by Crippen LogP contribution is -2.24. The largest absolute Gasteiger partial charge is 0.417 e. The summed E-state index contributed by atoms with van der Waals surface area (Å²) in [6.45, 7) is 0.991. The van der Waals surface area contributed by atoms with E-state index in [0.717, 1.165) is 31.6 Å². The van der Waals surface area contributed by atoms with Crippen LogP contribution in [-0.2, 0) is 12.6 Å². The summed E-state index contributed by atoms with van der Waals surface area (Å²) in [5.41, 5.74) is 0.0306. The van der Waals surface area contributed by atoms with Gasteiger partial charge in [0.15, 0.2) is 0 Å². The quantitative estimate of drug-likeness (QED) is 0.843. The molecule has 1 aliphatic heterocycles. The van der Waals surface area contributed by atoms with Crippen LogP contribution in [-0.4, -0.2) is 17.6 Å². The molecule has 0 amide bonds. The number of rotatable bonds is 2. The topological polar surface area (TPSA) is 24.9 Å². The fourth-order valence-corrected chi connectivity index (χ4v) is 1.90. The molecule has 0 bridgehead atoms. The molecule has 0 saturated carbocycles. The van der Waals surface area contributed by atoms with E-state index in [9.17, 15) is 13.2 Å². The normalized spacial score (nSPS) is 21.3. The smallest absolute Gasteiger partial charge is 0.314 e. The summed E-state index contributed by atoms with van der Waals surface area (Å²) in [5, 5.41) is 3.29. The summed E-state index contributed by atoms with van der Waals surface area (Å²) >= 11 is 0. The first kappa shape index (κ1) is 11.4. The molecule has 1 aromatic rings. The van der Waals surface area contributed by atoms with Gasteiger partial charge < -0.3 is 5.32 Å². The second kappa shape index (κ2) is 4.41. The van der Waals surface area contributed by atoms with Crippen molar-refractivity contribution in [2.75, 3.05) is 6.54 Å². The van der Waals surface area contributed by atoms with Gasteiger partial charge in [0.05, 0.1) is 5.56 Å². The van der Waals surface area contributed by atoms with Gasteiger partial charge in [-0.25, -0.2) is 0 Å². The van der Waals surface area contributed by atoms with Crippen molar-refractivity contribution in [2.45, 2.75) is 31.5 Å². The van der Waals surface area contributed by atoms with E-state index in [1.807, 2.05) is 0 Å². The van der Waals surface area contributed by atoms with Gasteiger partial charge in [-0.2, -0.15) is 13.2 Å². The van der Waals surface area contributed by atoms with E-state index in [1.54, 1.807) is 0 Å². The van der Waals surface area contributed by atoms with Gasteiger partial charge in [0.1, 0.15) is 0 Å². The van der Waals surface area contributed by atoms with Crippen LogP contribution < -0.4 is 5.32 Å². The number of hydrogen-bond donors (Lipinski definition) is 1. The molecule has 0 radical (unpaired) electrons. The van der Waals surface area contributed by atoms with Crippen LogP contribution in [0.4, 0.5) is 13.2 Å². The van der Waals surface area contributed by atoms with E-state index < -0.39 is 11.7 Å². The van der Waals surface area contributed by atoms with E-state index in [2.05, 4.69) is 10.3 Å². The standard InChI is InChI=1S/C11H13F3N2/c12-11(13,14)8-3-4-10(16-7-8)6-9-2-1-5-15-9/h3-4,7,9,15H,1-2,5-6H2. The Balaban J connectivity index is 2.01. The Kier molecular flexibility index (Phi) is 3.14. The zero-order valence-electron chi connectivity index (χ0n) is 8.72. The summed E-state index contributed by atoms with van der Waals surface area (Å²) in [5.74, 6) is 0. The number of alkyl halides is 3. The van der Waals surface area contributed by atoms with Gasteiger partial charge in [-0.15, -0.1) is 0 Å². The molecule has 2 heterocycles. The predicted octanol–water partition coefficient (Wildman–Crippen LogP) is 2.39. The Morgan fingerprint density at radius 3 is 2.69 bits per heavy atom. The molecule has 1 fully saturated rings. The van der Waals surface area contributed by atoms with Crippen molar-refractivity contribution in [2.24, 2.45) is 0 Å². The molecule has 16 heavy (non-hydrogen) atoms. The van der Waals surface area contributed by atoms with E-state index in [0.29, 0.717) is 18.2 Å². The molecule has 0 aliphatic carbocycles. The number of nitrogens with zero attached hydrogens (tertiary/aromatic N) is 1. The van der Waals surface area contributed by atoms with Gasteiger partial charge in [0.2, 0.25) is 0 Å². The van der Waals surface area contributed by atoms with Crippen LogP contribution in [0, 0.1) is 0 Å². The molecule has 2 rings (SSSR count). The third-order valence-corrected chi connectivity index (χ3v) is 2.77. The number of hydrogen-bond acceptors (Lipinski definition) is 2. The van der Waals surface area contributed by atoms with Crippen LogP contribution in [0.15, 0.2) is 18.3 Å². The van der Waals surface area contributed by atoms with Crippen molar-refractivity contribution >= 4 is 0 Å². The molecule has 1 atom stereocenters. The van der Waals surface area contributed by atoms with Crippen LogP contribution in [0.25, 0.3) is 0 Å². The van der Waals surface area contributed by atoms with Crippen molar-refractivity contribution in [3.8, 4) is 0 Å². The zero-order chi connectivity index (χ0) is 11.6. The van der Waals surface area contributed by atoms with Gasteiger partial charge in [0.25, 0.3) is 0 Å². The Bertz CT molecular complexity index is 339. The minimum atomic E-state index is -4.29. The first-order valence-corrected chi connectivity index (χ1v) is 5.31. The fraction of sp³-hybridized carbons (Fsp3) is 0.545. The van der Waals surface area contributed by atoms with E-state index in [4.69, 9.17) is 0 Å². The minimum Gasteiger partial charge on any atom is -0.314 e. The highest BCUT2D eigenvalue weighted by atomic mass is 19.4. The van der Waals surface area contributed by atoms with Gasteiger partial charge in [-0.05, 0) is 31.5 Å². The molecular weight excluding hydrogens is 217 g/mol. The lowest BCUT2D eigenvalue weighted by molar-refractivity contribution is -0.137. The molecule has 5 heteroatoms. The van der Waals surface area contributed by atoms with Gasteiger partial charge in [-0.1, -0.05) is 0 Å². The van der Waals surface area contributed by atoms with Crippen LogP contribution in [0.1, 0.15) is 24.1 Å². The van der Waals surface area contributed by atoms with Gasteiger partial charge >= 0.3 is 6.18 Å². The third-order valence-electron chi connectivity index (χ3n) is 2.77. The maximum absolute atomic E-state index is 12.3. The average molecular weight is 230 g/mol. The summed E-state index contributed by atoms with van der Waals surface area (Å²) < 4.78 is 36.8. The van der Waals surface area contributed by atoms with Crippen LogP contribution in [0.2, 0.25) is 0 Å². The SMILES string of the molecule is FC(F)(F)c1ccc(CC2CCCN2)nc1. The van der Waals surface area contributed by atoms with Crippen LogP contribution in [0.5, 0.6) is 0 Å².